The van der Waals surface area contributed by atoms with Crippen LogP contribution in [0.5, 0.6) is 0 Å². The van der Waals surface area contributed by atoms with E-state index in [1.165, 1.54) is 23.0 Å². The lowest BCUT2D eigenvalue weighted by Crippen LogP contribution is -2.35. The van der Waals surface area contributed by atoms with E-state index >= 15 is 0 Å². The fourth-order valence-electron chi connectivity index (χ4n) is 2.71. The molecule has 9 heteroatoms. The highest BCUT2D eigenvalue weighted by molar-refractivity contribution is 5.47. The van der Waals surface area contributed by atoms with E-state index in [4.69, 9.17) is 0 Å². The van der Waals surface area contributed by atoms with E-state index in [2.05, 4.69) is 20.4 Å². The van der Waals surface area contributed by atoms with Crippen LogP contribution >= 0.6 is 0 Å². The van der Waals surface area contributed by atoms with Crippen LogP contribution in [0.25, 0.3) is 5.78 Å². The zero-order valence-electron chi connectivity index (χ0n) is 14.4. The Morgan fingerprint density at radius 1 is 1.15 bits per heavy atom. The highest BCUT2D eigenvalue weighted by Gasteiger charge is 2.33. The summed E-state index contributed by atoms with van der Waals surface area (Å²) in [6.45, 7) is 4.95. The van der Waals surface area contributed by atoms with E-state index < -0.39 is 23.4 Å². The topological polar surface area (TPSA) is 75.3 Å². The molecule has 0 aliphatic carbocycles. The molecule has 3 aromatic rings. The van der Waals surface area contributed by atoms with Gasteiger partial charge in [-0.15, -0.1) is 0 Å². The highest BCUT2D eigenvalue weighted by Crippen LogP contribution is 2.33. The summed E-state index contributed by atoms with van der Waals surface area (Å²) in [6, 6.07) is 5.75. The Bertz CT molecular complexity index is 913. The molecule has 6 nitrogen and oxygen atoms in total. The second-order valence-corrected chi connectivity index (χ2v) is 6.61. The van der Waals surface area contributed by atoms with Crippen molar-refractivity contribution in [2.45, 2.75) is 38.6 Å². The summed E-state index contributed by atoms with van der Waals surface area (Å²) in [5.74, 6) is 0.909. The third-order valence-corrected chi connectivity index (χ3v) is 3.95. The predicted octanol–water partition coefficient (Wildman–Crippen LogP) is 3.38. The summed E-state index contributed by atoms with van der Waals surface area (Å²) in [7, 11) is 0. The van der Waals surface area contributed by atoms with Crippen molar-refractivity contribution in [3.63, 3.8) is 0 Å². The average molecular weight is 365 g/mol. The number of nitrogens with one attached hydrogen (secondary N) is 1. The number of aryl methyl sites for hydroxylation is 1. The molecular weight excluding hydrogens is 347 g/mol. The molecule has 2 heterocycles. The Morgan fingerprint density at radius 2 is 1.81 bits per heavy atom. The minimum Gasteiger partial charge on any atom is -0.388 e. The number of alkyl halides is 3. The van der Waals surface area contributed by atoms with Crippen molar-refractivity contribution in [2.24, 2.45) is 0 Å². The van der Waals surface area contributed by atoms with Crippen molar-refractivity contribution in [1.29, 1.82) is 0 Å². The molecule has 0 saturated heterocycles. The van der Waals surface area contributed by atoms with Crippen molar-refractivity contribution in [1.82, 2.24) is 19.6 Å². The average Bonchev–Trinajstić information content (AvgIpc) is 2.99. The number of aromatic nitrogens is 4. The molecule has 0 aliphatic heterocycles. The normalized spacial score (nSPS) is 13.8. The summed E-state index contributed by atoms with van der Waals surface area (Å²) in [5, 5.41) is 17.8. The predicted molar refractivity (Wildman–Crippen MR) is 89.6 cm³/mol. The molecule has 26 heavy (non-hydrogen) atoms. The molecule has 1 aromatic carbocycles. The lowest BCUT2D eigenvalue weighted by molar-refractivity contribution is -0.137. The lowest BCUT2D eigenvalue weighted by Gasteiger charge is -2.31. The van der Waals surface area contributed by atoms with Crippen LogP contribution in [0.15, 0.2) is 36.7 Å². The first-order chi connectivity index (χ1) is 12.1. The number of fused-ring (bicyclic) bond motifs is 1. The zero-order valence-corrected chi connectivity index (χ0v) is 14.4. The number of halogens is 3. The Balaban J connectivity index is 2.00. The first-order valence-electron chi connectivity index (χ1n) is 7.89. The van der Waals surface area contributed by atoms with Crippen LogP contribution in [0.3, 0.4) is 0 Å². The maximum absolute atomic E-state index is 12.8. The largest absolute Gasteiger partial charge is 0.416 e. The van der Waals surface area contributed by atoms with Gasteiger partial charge in [-0.1, -0.05) is 12.1 Å². The fraction of sp³-hybridized carbons (Fsp3) is 0.353. The van der Waals surface area contributed by atoms with Crippen LogP contribution < -0.4 is 5.32 Å². The molecule has 0 spiro atoms. The molecule has 0 bridgehead atoms. The fourth-order valence-corrected chi connectivity index (χ4v) is 2.71. The van der Waals surface area contributed by atoms with E-state index in [0.29, 0.717) is 22.9 Å². The molecule has 2 N–H and O–H groups in total. The highest BCUT2D eigenvalue weighted by atomic mass is 19.4. The van der Waals surface area contributed by atoms with Gasteiger partial charge in [-0.05, 0) is 38.5 Å². The number of aliphatic hydroxyl groups is 1. The number of benzene rings is 1. The van der Waals surface area contributed by atoms with Crippen molar-refractivity contribution in [3.05, 3.63) is 53.5 Å². The Hall–Kier alpha value is -2.68. The molecule has 3 rings (SSSR count). The maximum atomic E-state index is 12.8. The zero-order chi connectivity index (χ0) is 19.1. The lowest BCUT2D eigenvalue weighted by atomic mass is 9.91. The summed E-state index contributed by atoms with van der Waals surface area (Å²) < 4.78 is 39.9. The molecule has 0 amide bonds. The monoisotopic (exact) mass is 365 g/mol. The van der Waals surface area contributed by atoms with Gasteiger partial charge in [0.05, 0.1) is 17.2 Å². The van der Waals surface area contributed by atoms with Crippen molar-refractivity contribution in [3.8, 4) is 0 Å². The van der Waals surface area contributed by atoms with Gasteiger partial charge in [-0.3, -0.25) is 0 Å². The summed E-state index contributed by atoms with van der Waals surface area (Å²) in [4.78, 5) is 8.27. The van der Waals surface area contributed by atoms with Gasteiger partial charge < -0.3 is 10.4 Å². The van der Waals surface area contributed by atoms with Crippen LogP contribution in [0.2, 0.25) is 0 Å². The molecule has 1 atom stereocenters. The van der Waals surface area contributed by atoms with Gasteiger partial charge >= 0.3 is 6.18 Å². The second kappa shape index (κ2) is 6.24. The van der Waals surface area contributed by atoms with Gasteiger partial charge in [0, 0.05) is 11.8 Å². The number of hydrogen-bond donors (Lipinski definition) is 2. The van der Waals surface area contributed by atoms with Gasteiger partial charge in [0.2, 0.25) is 0 Å². The standard InChI is InChI=1S/C17H18F3N5O/c1-10-8-13(25-15(23-10)21-9-22-25)24-14(16(2,3)26)11-4-6-12(7-5-11)17(18,19)20/h4-9,14,24,26H,1-3H3/t14-/m0/s1. The van der Waals surface area contributed by atoms with E-state index in [-0.39, 0.29) is 0 Å². The van der Waals surface area contributed by atoms with Gasteiger partial charge in [0.15, 0.2) is 0 Å². The molecule has 0 unspecified atom stereocenters. The first-order valence-corrected chi connectivity index (χ1v) is 7.89. The number of nitrogens with zero attached hydrogens (tertiary/aromatic N) is 4. The maximum Gasteiger partial charge on any atom is 0.416 e. The van der Waals surface area contributed by atoms with Gasteiger partial charge in [0.1, 0.15) is 12.1 Å². The quantitative estimate of drug-likeness (QED) is 0.741. The number of hydrogen-bond acceptors (Lipinski definition) is 5. The van der Waals surface area contributed by atoms with Gasteiger partial charge in [-0.25, -0.2) is 4.98 Å². The first kappa shape index (κ1) is 18.1. The van der Waals surface area contributed by atoms with Crippen molar-refractivity contribution in [2.75, 3.05) is 5.32 Å². The third-order valence-electron chi connectivity index (χ3n) is 3.95. The summed E-state index contributed by atoms with van der Waals surface area (Å²) >= 11 is 0. The molecular formula is C17H18F3N5O. The van der Waals surface area contributed by atoms with E-state index in [0.717, 1.165) is 12.1 Å². The van der Waals surface area contributed by atoms with Crippen molar-refractivity contribution < 1.29 is 18.3 Å². The summed E-state index contributed by atoms with van der Waals surface area (Å²) in [5.41, 5.74) is -0.804. The second-order valence-electron chi connectivity index (χ2n) is 6.61. The molecule has 0 radical (unpaired) electrons. The van der Waals surface area contributed by atoms with E-state index in [1.54, 1.807) is 26.8 Å². The smallest absolute Gasteiger partial charge is 0.388 e. The Labute approximate surface area is 147 Å². The Kier molecular flexibility index (Phi) is 4.35. The molecule has 0 fully saturated rings. The van der Waals surface area contributed by atoms with Crippen LogP contribution in [-0.4, -0.2) is 30.3 Å². The number of anilines is 1. The van der Waals surface area contributed by atoms with Crippen LogP contribution in [-0.2, 0) is 6.18 Å². The third kappa shape index (κ3) is 3.62. The summed E-state index contributed by atoms with van der Waals surface area (Å²) in [6.07, 6.45) is -3.06. The molecule has 2 aromatic heterocycles. The van der Waals surface area contributed by atoms with E-state index in [1.807, 2.05) is 0 Å². The van der Waals surface area contributed by atoms with Crippen LogP contribution in [0, 0.1) is 6.92 Å². The minimum absolute atomic E-state index is 0.384. The van der Waals surface area contributed by atoms with Crippen molar-refractivity contribution >= 4 is 11.6 Å². The Morgan fingerprint density at radius 3 is 2.38 bits per heavy atom. The molecule has 0 saturated carbocycles. The van der Waals surface area contributed by atoms with Gasteiger partial charge in [0.25, 0.3) is 5.78 Å². The van der Waals surface area contributed by atoms with Gasteiger partial charge in [-0.2, -0.15) is 27.8 Å². The number of rotatable bonds is 4. The molecule has 0 aliphatic rings. The van der Waals surface area contributed by atoms with E-state index in [9.17, 15) is 18.3 Å². The van der Waals surface area contributed by atoms with Crippen LogP contribution in [0.4, 0.5) is 19.0 Å². The molecule has 138 valence electrons. The minimum atomic E-state index is -4.41. The van der Waals surface area contributed by atoms with Crippen LogP contribution in [0.1, 0.15) is 36.7 Å². The SMILES string of the molecule is Cc1cc(N[C@@H](c2ccc(C(F)(F)F)cc2)C(C)(C)O)n2ncnc2n1.